The molecule has 4 rings (SSSR count). The monoisotopic (exact) mass is 306 g/mol. The molecule has 0 aromatic carbocycles. The van der Waals surface area contributed by atoms with Gasteiger partial charge in [-0.15, -0.1) is 0 Å². The van der Waals surface area contributed by atoms with Gasteiger partial charge in [0.2, 0.25) is 0 Å². The van der Waals surface area contributed by atoms with Gasteiger partial charge in [0.15, 0.2) is 0 Å². The van der Waals surface area contributed by atoms with E-state index >= 15 is 0 Å². The van der Waals surface area contributed by atoms with Crippen LogP contribution in [0.5, 0.6) is 0 Å². The van der Waals surface area contributed by atoms with Crippen LogP contribution in [-0.4, -0.2) is 11.6 Å². The van der Waals surface area contributed by atoms with Crippen molar-refractivity contribution in [3.63, 3.8) is 0 Å². The highest BCUT2D eigenvalue weighted by atomic mass is 16.6. The molecule has 0 saturated heterocycles. The number of hydrogen-bond acceptors (Lipinski definition) is 2. The first-order valence-corrected chi connectivity index (χ1v) is 9.35. The highest BCUT2D eigenvalue weighted by Crippen LogP contribution is 2.67. The largest absolute Gasteiger partial charge is 0.459 e. The second kappa shape index (κ2) is 4.98. The van der Waals surface area contributed by atoms with Gasteiger partial charge in [-0.3, -0.25) is 4.79 Å². The molecule has 4 aliphatic rings. The number of hydrogen-bond donors (Lipinski definition) is 0. The molecule has 2 heteroatoms. The molecule has 126 valence electrons. The molecule has 3 unspecified atom stereocenters. The predicted molar refractivity (Wildman–Crippen MR) is 89.4 cm³/mol. The standard InChI is InChI=1S/C20H34O2/c1-7-18(3,4)17(21)22-19(5,6)20-11-14-8-15(12-20)10-16(9-14)13(20)2/h13-16H,7-12H2,1-6H3. The normalized spacial score (nSPS) is 40.8. The Labute approximate surface area is 136 Å². The molecular weight excluding hydrogens is 272 g/mol. The van der Waals surface area contributed by atoms with Crippen LogP contribution in [-0.2, 0) is 9.53 Å². The van der Waals surface area contributed by atoms with Crippen molar-refractivity contribution in [3.05, 3.63) is 0 Å². The Kier molecular flexibility index (Phi) is 3.70. The fraction of sp³-hybridized carbons (Fsp3) is 0.950. The van der Waals surface area contributed by atoms with E-state index in [1.165, 1.54) is 32.1 Å². The lowest BCUT2D eigenvalue weighted by Gasteiger charge is -2.65. The van der Waals surface area contributed by atoms with Crippen LogP contribution >= 0.6 is 0 Å². The Balaban J connectivity index is 1.86. The molecule has 0 amide bonds. The number of esters is 1. The Hall–Kier alpha value is -0.530. The van der Waals surface area contributed by atoms with Crippen molar-refractivity contribution in [2.75, 3.05) is 0 Å². The van der Waals surface area contributed by atoms with Crippen LogP contribution < -0.4 is 0 Å². The topological polar surface area (TPSA) is 26.3 Å². The minimum absolute atomic E-state index is 0.0112. The van der Waals surface area contributed by atoms with Crippen molar-refractivity contribution in [2.24, 2.45) is 34.5 Å². The quantitative estimate of drug-likeness (QED) is 0.667. The van der Waals surface area contributed by atoms with Crippen molar-refractivity contribution < 1.29 is 9.53 Å². The van der Waals surface area contributed by atoms with Gasteiger partial charge >= 0.3 is 5.97 Å². The van der Waals surface area contributed by atoms with Crippen molar-refractivity contribution in [3.8, 4) is 0 Å². The van der Waals surface area contributed by atoms with E-state index in [-0.39, 0.29) is 22.4 Å². The number of carbonyl (C=O) groups excluding carboxylic acids is 1. The SMILES string of the molecule is CCC(C)(C)C(=O)OC(C)(C)C12CC3CC(CC(C3)C1C)C2. The fourth-order valence-electron chi connectivity index (χ4n) is 5.95. The maximum Gasteiger partial charge on any atom is 0.312 e. The van der Waals surface area contributed by atoms with Crippen LogP contribution in [0.3, 0.4) is 0 Å². The summed E-state index contributed by atoms with van der Waals surface area (Å²) >= 11 is 0. The van der Waals surface area contributed by atoms with Gasteiger partial charge in [-0.05, 0) is 89.9 Å². The van der Waals surface area contributed by atoms with E-state index in [0.717, 1.165) is 24.2 Å². The first-order chi connectivity index (χ1) is 10.1. The van der Waals surface area contributed by atoms with E-state index in [1.54, 1.807) is 0 Å². The van der Waals surface area contributed by atoms with E-state index in [2.05, 4.69) is 27.7 Å². The van der Waals surface area contributed by atoms with Crippen molar-refractivity contribution in [1.29, 1.82) is 0 Å². The summed E-state index contributed by atoms with van der Waals surface area (Å²) in [5.74, 6) is 3.30. The van der Waals surface area contributed by atoms with Crippen LogP contribution in [0.4, 0.5) is 0 Å². The van der Waals surface area contributed by atoms with Gasteiger partial charge in [0.05, 0.1) is 5.41 Å². The molecule has 0 N–H and O–H groups in total. The first-order valence-electron chi connectivity index (χ1n) is 9.35. The summed E-state index contributed by atoms with van der Waals surface area (Å²) in [6, 6.07) is 0. The molecule has 0 aromatic rings. The lowest BCUT2D eigenvalue weighted by atomic mass is 9.42. The van der Waals surface area contributed by atoms with Crippen LogP contribution in [0.2, 0.25) is 0 Å². The molecule has 3 atom stereocenters. The average Bonchev–Trinajstić information content (AvgIpc) is 2.42. The Morgan fingerprint density at radius 2 is 1.64 bits per heavy atom. The van der Waals surface area contributed by atoms with Gasteiger partial charge in [0.25, 0.3) is 0 Å². The number of carbonyl (C=O) groups is 1. The smallest absolute Gasteiger partial charge is 0.312 e. The Morgan fingerprint density at radius 3 is 2.14 bits per heavy atom. The van der Waals surface area contributed by atoms with E-state index in [0.29, 0.717) is 5.92 Å². The summed E-state index contributed by atoms with van der Waals surface area (Å²) < 4.78 is 6.21. The maximum atomic E-state index is 12.7. The van der Waals surface area contributed by atoms with E-state index in [4.69, 9.17) is 4.74 Å². The summed E-state index contributed by atoms with van der Waals surface area (Å²) in [5.41, 5.74) is -0.504. The molecule has 4 fully saturated rings. The maximum absolute atomic E-state index is 12.7. The Bertz CT molecular complexity index is 448. The van der Waals surface area contributed by atoms with Gasteiger partial charge in [-0.1, -0.05) is 13.8 Å². The molecule has 0 aliphatic heterocycles. The van der Waals surface area contributed by atoms with Gasteiger partial charge < -0.3 is 4.74 Å². The predicted octanol–water partition coefficient (Wildman–Crippen LogP) is 5.21. The summed E-state index contributed by atoms with van der Waals surface area (Å²) in [7, 11) is 0. The molecule has 4 saturated carbocycles. The molecule has 0 radical (unpaired) electrons. The summed E-state index contributed by atoms with van der Waals surface area (Å²) in [5, 5.41) is 0. The first kappa shape index (κ1) is 16.3. The highest BCUT2D eigenvalue weighted by Gasteiger charge is 2.62. The summed E-state index contributed by atoms with van der Waals surface area (Å²) in [4.78, 5) is 12.7. The molecule has 4 bridgehead atoms. The molecule has 22 heavy (non-hydrogen) atoms. The zero-order valence-electron chi connectivity index (χ0n) is 15.4. The Morgan fingerprint density at radius 1 is 1.09 bits per heavy atom. The lowest BCUT2D eigenvalue weighted by Crippen LogP contribution is -2.62. The molecule has 2 nitrogen and oxygen atoms in total. The van der Waals surface area contributed by atoms with Crippen LogP contribution in [0.15, 0.2) is 0 Å². The van der Waals surface area contributed by atoms with Gasteiger partial charge in [-0.2, -0.15) is 0 Å². The third-order valence-electron chi connectivity index (χ3n) is 7.81. The summed E-state index contributed by atoms with van der Waals surface area (Å²) in [6.45, 7) is 12.9. The second-order valence-corrected chi connectivity index (χ2v) is 9.69. The van der Waals surface area contributed by atoms with Gasteiger partial charge in [0, 0.05) is 5.41 Å². The fourth-order valence-corrected chi connectivity index (χ4v) is 5.95. The average molecular weight is 306 g/mol. The van der Waals surface area contributed by atoms with Crippen LogP contribution in [0.25, 0.3) is 0 Å². The molecule has 0 aromatic heterocycles. The number of rotatable bonds is 4. The molecule has 0 spiro atoms. The van der Waals surface area contributed by atoms with Crippen LogP contribution in [0.1, 0.15) is 80.1 Å². The van der Waals surface area contributed by atoms with E-state index in [1.807, 2.05) is 13.8 Å². The van der Waals surface area contributed by atoms with Gasteiger partial charge in [0.1, 0.15) is 5.60 Å². The van der Waals surface area contributed by atoms with Crippen molar-refractivity contribution >= 4 is 5.97 Å². The number of ether oxygens (including phenoxy) is 1. The minimum Gasteiger partial charge on any atom is -0.459 e. The van der Waals surface area contributed by atoms with Gasteiger partial charge in [-0.25, -0.2) is 0 Å². The zero-order valence-corrected chi connectivity index (χ0v) is 15.4. The minimum atomic E-state index is -0.372. The highest BCUT2D eigenvalue weighted by molar-refractivity contribution is 5.76. The van der Waals surface area contributed by atoms with E-state index in [9.17, 15) is 4.79 Å². The summed E-state index contributed by atoms with van der Waals surface area (Å²) in [6.07, 6.45) is 7.64. The zero-order chi connectivity index (χ0) is 16.3. The molecule has 4 aliphatic carbocycles. The van der Waals surface area contributed by atoms with Crippen molar-refractivity contribution in [1.82, 2.24) is 0 Å². The third kappa shape index (κ3) is 2.24. The third-order valence-corrected chi connectivity index (χ3v) is 7.81. The molecular formula is C20H34O2. The van der Waals surface area contributed by atoms with E-state index < -0.39 is 0 Å². The van der Waals surface area contributed by atoms with Crippen LogP contribution in [0, 0.1) is 34.5 Å². The molecule has 0 heterocycles. The second-order valence-electron chi connectivity index (χ2n) is 9.69. The van der Waals surface area contributed by atoms with Crippen molar-refractivity contribution in [2.45, 2.75) is 85.7 Å². The lowest BCUT2D eigenvalue weighted by molar-refractivity contribution is -0.224.